The van der Waals surface area contributed by atoms with Crippen molar-refractivity contribution in [3.8, 4) is 0 Å². The fourth-order valence-electron chi connectivity index (χ4n) is 2.49. The van der Waals surface area contributed by atoms with E-state index in [1.165, 1.54) is 22.3 Å². The van der Waals surface area contributed by atoms with Crippen LogP contribution in [0.4, 0.5) is 0 Å². The lowest BCUT2D eigenvalue weighted by molar-refractivity contribution is -0.0526. The summed E-state index contributed by atoms with van der Waals surface area (Å²) in [7, 11) is 1.99. The van der Waals surface area contributed by atoms with Crippen LogP contribution in [0.5, 0.6) is 0 Å². The van der Waals surface area contributed by atoms with E-state index >= 15 is 0 Å². The van der Waals surface area contributed by atoms with Crippen LogP contribution in [-0.2, 0) is 9.47 Å². The predicted octanol–water partition coefficient (Wildman–Crippen LogP) is 2.64. The summed E-state index contributed by atoms with van der Waals surface area (Å²) in [5.74, 6) is 0. The van der Waals surface area contributed by atoms with Gasteiger partial charge in [0.15, 0.2) is 6.29 Å². The Kier molecular flexibility index (Phi) is 4.38. The zero-order valence-corrected chi connectivity index (χ0v) is 11.7. The molecule has 0 bridgehead atoms. The topological polar surface area (TPSA) is 30.5 Å². The number of hydrogen-bond donors (Lipinski definition) is 1. The lowest BCUT2D eigenvalue weighted by Gasteiger charge is -2.22. The Hall–Kier alpha value is -0.900. The van der Waals surface area contributed by atoms with Crippen molar-refractivity contribution in [1.82, 2.24) is 5.32 Å². The molecule has 0 aromatic heterocycles. The number of ether oxygens (including phenoxy) is 2. The molecule has 100 valence electrons. The third kappa shape index (κ3) is 2.91. The van der Waals surface area contributed by atoms with Gasteiger partial charge in [0.05, 0.1) is 13.2 Å². The molecule has 3 nitrogen and oxygen atoms in total. The van der Waals surface area contributed by atoms with Gasteiger partial charge < -0.3 is 14.8 Å². The highest BCUT2D eigenvalue weighted by Crippen LogP contribution is 2.26. The van der Waals surface area contributed by atoms with Crippen LogP contribution in [0.1, 0.15) is 34.7 Å². The van der Waals surface area contributed by atoms with E-state index < -0.39 is 0 Å². The van der Waals surface area contributed by atoms with Crippen molar-refractivity contribution in [2.45, 2.75) is 39.5 Å². The first-order valence-electron chi connectivity index (χ1n) is 6.60. The minimum atomic E-state index is -0.0662. The maximum Gasteiger partial charge on any atom is 0.159 e. The molecule has 1 saturated heterocycles. The average molecular weight is 249 g/mol. The summed E-state index contributed by atoms with van der Waals surface area (Å²) in [6.45, 7) is 7.92. The molecule has 1 heterocycles. The highest BCUT2D eigenvalue weighted by Gasteiger charge is 2.22. The van der Waals surface area contributed by atoms with Gasteiger partial charge in [0.1, 0.15) is 0 Å². The van der Waals surface area contributed by atoms with E-state index in [2.05, 4.69) is 38.2 Å². The second kappa shape index (κ2) is 5.83. The third-order valence-corrected chi connectivity index (χ3v) is 3.73. The third-order valence-electron chi connectivity index (χ3n) is 3.73. The van der Waals surface area contributed by atoms with Gasteiger partial charge in [-0.3, -0.25) is 0 Å². The lowest BCUT2D eigenvalue weighted by Crippen LogP contribution is -2.23. The minimum absolute atomic E-state index is 0.0662. The number of hydrogen-bond acceptors (Lipinski definition) is 3. The molecule has 1 fully saturated rings. The molecular weight excluding hydrogens is 226 g/mol. The first-order valence-corrected chi connectivity index (χ1v) is 6.60. The molecule has 0 spiro atoms. The normalized spacial score (nSPS) is 18.2. The van der Waals surface area contributed by atoms with Crippen LogP contribution in [0, 0.1) is 20.8 Å². The van der Waals surface area contributed by atoms with Crippen LogP contribution in [0.3, 0.4) is 0 Å². The molecule has 1 atom stereocenters. The fourth-order valence-corrected chi connectivity index (χ4v) is 2.49. The summed E-state index contributed by atoms with van der Waals surface area (Å²) in [6, 6.07) is 4.82. The predicted molar refractivity (Wildman–Crippen MR) is 72.8 cm³/mol. The first-order chi connectivity index (χ1) is 8.61. The van der Waals surface area contributed by atoms with Gasteiger partial charge in [0.2, 0.25) is 0 Å². The Bertz CT molecular complexity index is 411. The van der Waals surface area contributed by atoms with Gasteiger partial charge in [-0.2, -0.15) is 0 Å². The van der Waals surface area contributed by atoms with Crippen LogP contribution >= 0.6 is 0 Å². The summed E-state index contributed by atoms with van der Waals surface area (Å²) >= 11 is 0. The molecule has 3 heteroatoms. The summed E-state index contributed by atoms with van der Waals surface area (Å²) in [5.41, 5.74) is 5.36. The molecule has 1 aromatic carbocycles. The molecule has 1 aliphatic rings. The number of nitrogens with one attached hydrogen (secondary N) is 1. The Morgan fingerprint density at radius 2 is 1.72 bits per heavy atom. The van der Waals surface area contributed by atoms with Gasteiger partial charge in [0, 0.05) is 12.5 Å². The number of benzene rings is 1. The molecule has 0 aliphatic carbocycles. The first kappa shape index (κ1) is 13.5. The van der Waals surface area contributed by atoms with Gasteiger partial charge in [-0.15, -0.1) is 0 Å². The van der Waals surface area contributed by atoms with Gasteiger partial charge in [0.25, 0.3) is 0 Å². The second-order valence-electron chi connectivity index (χ2n) is 5.04. The molecule has 1 N–H and O–H groups in total. The van der Waals surface area contributed by atoms with Crippen LogP contribution in [-0.4, -0.2) is 26.6 Å². The molecule has 0 radical (unpaired) electrons. The highest BCUT2D eigenvalue weighted by atomic mass is 16.7. The monoisotopic (exact) mass is 249 g/mol. The molecule has 18 heavy (non-hydrogen) atoms. The smallest absolute Gasteiger partial charge is 0.159 e. The summed E-state index contributed by atoms with van der Waals surface area (Å²) in [5, 5.41) is 3.37. The zero-order chi connectivity index (χ0) is 13.1. The van der Waals surface area contributed by atoms with Crippen LogP contribution in [0.2, 0.25) is 0 Å². The molecule has 0 saturated carbocycles. The van der Waals surface area contributed by atoms with Gasteiger partial charge in [-0.05, 0) is 50.1 Å². The molecule has 1 aromatic rings. The lowest BCUT2D eigenvalue weighted by atomic mass is 9.94. The van der Waals surface area contributed by atoms with Crippen molar-refractivity contribution in [3.05, 3.63) is 34.4 Å². The summed E-state index contributed by atoms with van der Waals surface area (Å²) < 4.78 is 11.1. The molecule has 1 unspecified atom stereocenters. The second-order valence-corrected chi connectivity index (χ2v) is 5.04. The maximum atomic E-state index is 5.54. The Balaban J connectivity index is 2.18. The van der Waals surface area contributed by atoms with Crippen molar-refractivity contribution in [2.24, 2.45) is 0 Å². The van der Waals surface area contributed by atoms with E-state index in [0.29, 0.717) is 13.2 Å². The van der Waals surface area contributed by atoms with Crippen LogP contribution in [0.15, 0.2) is 12.1 Å². The van der Waals surface area contributed by atoms with E-state index in [1.807, 2.05) is 7.05 Å². The van der Waals surface area contributed by atoms with E-state index in [9.17, 15) is 0 Å². The minimum Gasteiger partial charge on any atom is -0.350 e. The van der Waals surface area contributed by atoms with Crippen molar-refractivity contribution < 1.29 is 9.47 Å². The quantitative estimate of drug-likeness (QED) is 0.890. The Morgan fingerprint density at radius 1 is 1.11 bits per heavy atom. The molecule has 1 aliphatic heterocycles. The SMILES string of the molecule is CNC(CC1OCCO1)c1cc(C)c(C)cc1C. The number of aryl methyl sites for hydroxylation is 3. The standard InChI is InChI=1S/C15H23NO2/c1-10-7-12(3)13(8-11(10)2)14(16-4)9-15-17-5-6-18-15/h7-8,14-16H,5-6,9H2,1-4H3. The fraction of sp³-hybridized carbons (Fsp3) is 0.600. The summed E-state index contributed by atoms with van der Waals surface area (Å²) in [6.07, 6.45) is 0.795. The Morgan fingerprint density at radius 3 is 2.33 bits per heavy atom. The van der Waals surface area contributed by atoms with E-state index in [-0.39, 0.29) is 12.3 Å². The largest absolute Gasteiger partial charge is 0.350 e. The van der Waals surface area contributed by atoms with Crippen LogP contribution < -0.4 is 5.32 Å². The number of rotatable bonds is 4. The van der Waals surface area contributed by atoms with Crippen molar-refractivity contribution in [1.29, 1.82) is 0 Å². The maximum absolute atomic E-state index is 5.54. The van der Waals surface area contributed by atoms with Gasteiger partial charge in [-0.25, -0.2) is 0 Å². The highest BCUT2D eigenvalue weighted by molar-refractivity contribution is 5.38. The zero-order valence-electron chi connectivity index (χ0n) is 11.7. The average Bonchev–Trinajstić information content (AvgIpc) is 2.84. The van der Waals surface area contributed by atoms with Crippen molar-refractivity contribution >= 4 is 0 Å². The summed E-state index contributed by atoms with van der Waals surface area (Å²) in [4.78, 5) is 0. The van der Waals surface area contributed by atoms with Crippen molar-refractivity contribution in [2.75, 3.05) is 20.3 Å². The van der Waals surface area contributed by atoms with Crippen molar-refractivity contribution in [3.63, 3.8) is 0 Å². The van der Waals surface area contributed by atoms with Crippen LogP contribution in [0.25, 0.3) is 0 Å². The molecular formula is C15H23NO2. The van der Waals surface area contributed by atoms with Gasteiger partial charge >= 0.3 is 0 Å². The molecule has 2 rings (SSSR count). The Labute approximate surface area is 109 Å². The van der Waals surface area contributed by atoms with E-state index in [1.54, 1.807) is 0 Å². The van der Waals surface area contributed by atoms with Gasteiger partial charge in [-0.1, -0.05) is 12.1 Å². The molecule has 0 amide bonds. The van der Waals surface area contributed by atoms with E-state index in [0.717, 1.165) is 6.42 Å². The van der Waals surface area contributed by atoms with E-state index in [4.69, 9.17) is 9.47 Å².